The van der Waals surface area contributed by atoms with Gasteiger partial charge in [0.05, 0.1) is 5.69 Å². The fourth-order valence-electron chi connectivity index (χ4n) is 3.30. The molecule has 6 nitrogen and oxygen atoms in total. The van der Waals surface area contributed by atoms with Crippen molar-refractivity contribution in [1.82, 2.24) is 15.0 Å². The van der Waals surface area contributed by atoms with Gasteiger partial charge in [0.25, 0.3) is 0 Å². The summed E-state index contributed by atoms with van der Waals surface area (Å²) in [6.07, 6.45) is 6.74. The zero-order valence-corrected chi connectivity index (χ0v) is 14.3. The number of aryl methyl sites for hydroxylation is 1. The van der Waals surface area contributed by atoms with Gasteiger partial charge < -0.3 is 10.0 Å². The van der Waals surface area contributed by atoms with Crippen LogP contribution in [0.3, 0.4) is 0 Å². The lowest BCUT2D eigenvalue weighted by molar-refractivity contribution is 0.0690. The van der Waals surface area contributed by atoms with Crippen molar-refractivity contribution >= 4 is 11.8 Å². The number of carboxylic acids is 1. The molecule has 6 heteroatoms. The molecule has 1 heterocycles. The maximum absolute atomic E-state index is 11.6. The van der Waals surface area contributed by atoms with Gasteiger partial charge in [-0.1, -0.05) is 38.3 Å². The van der Waals surface area contributed by atoms with Crippen molar-refractivity contribution in [2.45, 2.75) is 51.5 Å². The predicted octanol–water partition coefficient (Wildman–Crippen LogP) is 3.30. The Morgan fingerprint density at radius 2 is 1.88 bits per heavy atom. The van der Waals surface area contributed by atoms with Crippen LogP contribution in [0.2, 0.25) is 0 Å². The molecule has 1 N–H and O–H groups in total. The number of aromatic carboxylic acids is 1. The number of carbonyl (C=O) groups is 1. The van der Waals surface area contributed by atoms with Crippen LogP contribution in [0, 0.1) is 0 Å². The van der Waals surface area contributed by atoms with Crippen LogP contribution in [0.25, 0.3) is 5.69 Å². The molecular weight excluding hydrogens is 304 g/mol. The monoisotopic (exact) mass is 328 g/mol. The van der Waals surface area contributed by atoms with Crippen LogP contribution in [0.5, 0.6) is 0 Å². The first-order chi connectivity index (χ1) is 11.6. The minimum absolute atomic E-state index is 0.0163. The van der Waals surface area contributed by atoms with E-state index >= 15 is 0 Å². The van der Waals surface area contributed by atoms with E-state index in [1.807, 2.05) is 36.2 Å². The molecule has 1 fully saturated rings. The molecule has 1 aromatic heterocycles. The summed E-state index contributed by atoms with van der Waals surface area (Å²) in [4.78, 5) is 15.0. The third-order valence-electron chi connectivity index (χ3n) is 4.83. The van der Waals surface area contributed by atoms with Crippen molar-refractivity contribution in [2.75, 3.05) is 11.9 Å². The van der Waals surface area contributed by atoms with Crippen molar-refractivity contribution in [3.05, 3.63) is 35.5 Å². The number of carboxylic acid groups (broad SMARTS) is 1. The van der Waals surface area contributed by atoms with Gasteiger partial charge in [-0.05, 0) is 37.0 Å². The van der Waals surface area contributed by atoms with Crippen molar-refractivity contribution in [3.8, 4) is 5.69 Å². The molecule has 2 aromatic rings. The third-order valence-corrected chi connectivity index (χ3v) is 4.83. The first-order valence-corrected chi connectivity index (χ1v) is 8.63. The quantitative estimate of drug-likeness (QED) is 0.912. The van der Waals surface area contributed by atoms with Crippen LogP contribution in [-0.2, 0) is 6.42 Å². The number of hydrogen-bond acceptors (Lipinski definition) is 4. The summed E-state index contributed by atoms with van der Waals surface area (Å²) < 4.78 is 0. The van der Waals surface area contributed by atoms with E-state index in [2.05, 4.69) is 17.1 Å². The molecular formula is C18H24N4O2. The fraction of sp³-hybridized carbons (Fsp3) is 0.500. The Balaban J connectivity index is 1.93. The summed E-state index contributed by atoms with van der Waals surface area (Å²) in [5, 5.41) is 18.2. The van der Waals surface area contributed by atoms with Crippen LogP contribution in [0.15, 0.2) is 24.3 Å². The molecule has 24 heavy (non-hydrogen) atoms. The number of benzene rings is 1. The Labute approximate surface area is 142 Å². The first kappa shape index (κ1) is 16.5. The largest absolute Gasteiger partial charge is 0.476 e. The Kier molecular flexibility index (Phi) is 4.83. The van der Waals surface area contributed by atoms with Crippen LogP contribution in [-0.4, -0.2) is 39.2 Å². The van der Waals surface area contributed by atoms with E-state index in [4.69, 9.17) is 0 Å². The lowest BCUT2D eigenvalue weighted by Gasteiger charge is -2.31. The maximum Gasteiger partial charge on any atom is 0.360 e. The van der Waals surface area contributed by atoms with E-state index in [1.165, 1.54) is 29.6 Å². The van der Waals surface area contributed by atoms with Gasteiger partial charge in [-0.2, -0.15) is 0 Å². The minimum atomic E-state index is -1.04. The van der Waals surface area contributed by atoms with E-state index in [0.29, 0.717) is 11.9 Å². The van der Waals surface area contributed by atoms with Gasteiger partial charge in [-0.3, -0.25) is 0 Å². The molecule has 0 aliphatic heterocycles. The number of anilines is 1. The number of hydrogen-bond donors (Lipinski definition) is 1. The SMILES string of the molecule is CCc1ccc(-n2nc(C(=O)O)c(N(C)C3CCCCC3)n2)cc1. The summed E-state index contributed by atoms with van der Waals surface area (Å²) in [6.45, 7) is 2.10. The lowest BCUT2D eigenvalue weighted by Crippen LogP contribution is -2.34. The standard InChI is InChI=1S/C18H24N4O2/c1-3-13-9-11-15(12-10-13)22-19-16(18(23)24)17(20-22)21(2)14-7-5-4-6-8-14/h9-12,14H,3-8H2,1-2H3,(H,23,24). The molecule has 0 unspecified atom stereocenters. The van der Waals surface area contributed by atoms with Gasteiger partial charge in [0.2, 0.25) is 5.69 Å². The van der Waals surface area contributed by atoms with Crippen molar-refractivity contribution in [3.63, 3.8) is 0 Å². The second-order valence-corrected chi connectivity index (χ2v) is 6.39. The fourth-order valence-corrected chi connectivity index (χ4v) is 3.30. The summed E-state index contributed by atoms with van der Waals surface area (Å²) in [5.74, 6) is -0.585. The van der Waals surface area contributed by atoms with Crippen molar-refractivity contribution < 1.29 is 9.90 Å². The Bertz CT molecular complexity index is 702. The molecule has 0 bridgehead atoms. The van der Waals surface area contributed by atoms with Gasteiger partial charge in [0, 0.05) is 13.1 Å². The number of nitrogens with zero attached hydrogens (tertiary/aromatic N) is 4. The van der Waals surface area contributed by atoms with Crippen molar-refractivity contribution in [2.24, 2.45) is 0 Å². The molecule has 0 spiro atoms. The molecule has 0 radical (unpaired) electrons. The Morgan fingerprint density at radius 1 is 1.21 bits per heavy atom. The zero-order chi connectivity index (χ0) is 17.1. The topological polar surface area (TPSA) is 71.2 Å². The molecule has 1 saturated carbocycles. The second-order valence-electron chi connectivity index (χ2n) is 6.39. The van der Waals surface area contributed by atoms with Crippen LogP contribution >= 0.6 is 0 Å². The molecule has 1 aliphatic rings. The first-order valence-electron chi connectivity index (χ1n) is 8.63. The van der Waals surface area contributed by atoms with Crippen LogP contribution < -0.4 is 4.90 Å². The Morgan fingerprint density at radius 3 is 2.46 bits per heavy atom. The summed E-state index contributed by atoms with van der Waals surface area (Å²) >= 11 is 0. The molecule has 1 aromatic carbocycles. The second kappa shape index (κ2) is 7.03. The smallest absolute Gasteiger partial charge is 0.360 e. The van der Waals surface area contributed by atoms with Gasteiger partial charge in [-0.25, -0.2) is 4.79 Å². The molecule has 1 aliphatic carbocycles. The van der Waals surface area contributed by atoms with Gasteiger partial charge in [0.15, 0.2) is 5.82 Å². The average molecular weight is 328 g/mol. The van der Waals surface area contributed by atoms with E-state index in [1.54, 1.807) is 0 Å². The highest BCUT2D eigenvalue weighted by atomic mass is 16.4. The van der Waals surface area contributed by atoms with Crippen molar-refractivity contribution in [1.29, 1.82) is 0 Å². The zero-order valence-electron chi connectivity index (χ0n) is 14.3. The average Bonchev–Trinajstić information content (AvgIpc) is 3.07. The highest BCUT2D eigenvalue weighted by Crippen LogP contribution is 2.27. The van der Waals surface area contributed by atoms with Gasteiger partial charge in [-0.15, -0.1) is 15.0 Å². The maximum atomic E-state index is 11.6. The lowest BCUT2D eigenvalue weighted by atomic mass is 9.94. The third kappa shape index (κ3) is 3.27. The molecule has 128 valence electrons. The van der Waals surface area contributed by atoms with Crippen LogP contribution in [0.4, 0.5) is 5.82 Å². The van der Waals surface area contributed by atoms with Gasteiger partial charge >= 0.3 is 5.97 Å². The number of aromatic nitrogens is 3. The van der Waals surface area contributed by atoms with E-state index in [0.717, 1.165) is 24.9 Å². The summed E-state index contributed by atoms with van der Waals surface area (Å²) in [6, 6.07) is 8.22. The van der Waals surface area contributed by atoms with E-state index < -0.39 is 5.97 Å². The molecule has 0 atom stereocenters. The summed E-state index contributed by atoms with van der Waals surface area (Å²) in [7, 11) is 1.93. The number of rotatable bonds is 5. The molecule has 0 saturated heterocycles. The normalized spacial score (nSPS) is 15.4. The van der Waals surface area contributed by atoms with E-state index in [9.17, 15) is 9.90 Å². The summed E-state index contributed by atoms with van der Waals surface area (Å²) in [5.41, 5.74) is 2.02. The Hall–Kier alpha value is -2.37. The minimum Gasteiger partial charge on any atom is -0.476 e. The predicted molar refractivity (Wildman–Crippen MR) is 93.0 cm³/mol. The highest BCUT2D eigenvalue weighted by molar-refractivity contribution is 5.91. The molecule has 3 rings (SSSR count). The molecule has 0 amide bonds. The van der Waals surface area contributed by atoms with E-state index in [-0.39, 0.29) is 5.69 Å². The van der Waals surface area contributed by atoms with Crippen LogP contribution in [0.1, 0.15) is 55.1 Å². The highest BCUT2D eigenvalue weighted by Gasteiger charge is 2.27. The van der Waals surface area contributed by atoms with Gasteiger partial charge in [0.1, 0.15) is 0 Å².